The molecule has 0 unspecified atom stereocenters. The zero-order valence-corrected chi connectivity index (χ0v) is 12.0. The molecule has 1 aliphatic rings. The van der Waals surface area contributed by atoms with Crippen molar-refractivity contribution in [3.05, 3.63) is 69.3 Å². The summed E-state index contributed by atoms with van der Waals surface area (Å²) in [5.41, 5.74) is -0.301. The largest absolute Gasteiger partial charge is 0.340 e. The third-order valence-electron chi connectivity index (χ3n) is 3.82. The molecule has 2 aromatic carbocycles. The Labute approximate surface area is 130 Å². The van der Waals surface area contributed by atoms with Gasteiger partial charge in [0.2, 0.25) is 17.5 Å². The summed E-state index contributed by atoms with van der Waals surface area (Å²) in [4.78, 5) is 23.1. The fraction of sp³-hybridized carbons (Fsp3) is 0.188. The lowest BCUT2D eigenvalue weighted by molar-refractivity contribution is -0.390. The van der Waals surface area contributed by atoms with Crippen molar-refractivity contribution in [1.82, 2.24) is 0 Å². The van der Waals surface area contributed by atoms with Crippen molar-refractivity contribution in [1.29, 1.82) is 0 Å². The van der Waals surface area contributed by atoms with Crippen LogP contribution in [0.1, 0.15) is 17.5 Å². The summed E-state index contributed by atoms with van der Waals surface area (Å²) in [5.74, 6) is -2.75. The summed E-state index contributed by atoms with van der Waals surface area (Å²) in [6.07, 6.45) is 0.0476. The number of carbonyl (C=O) groups excluding carboxylic acids is 1. The van der Waals surface area contributed by atoms with Crippen molar-refractivity contribution in [3.8, 4) is 0 Å². The number of fused-ring (bicyclic) bond motifs is 1. The molecule has 0 fully saturated rings. The summed E-state index contributed by atoms with van der Waals surface area (Å²) >= 11 is 0. The van der Waals surface area contributed by atoms with Crippen LogP contribution in [0.5, 0.6) is 0 Å². The van der Waals surface area contributed by atoms with Gasteiger partial charge in [-0.05, 0) is 12.0 Å². The summed E-state index contributed by atoms with van der Waals surface area (Å²) in [7, 11) is 0. The van der Waals surface area contributed by atoms with E-state index in [4.69, 9.17) is 0 Å². The molecule has 0 aromatic heterocycles. The van der Waals surface area contributed by atoms with Gasteiger partial charge >= 0.3 is 5.69 Å². The second kappa shape index (κ2) is 5.75. The van der Waals surface area contributed by atoms with Crippen LogP contribution in [0.4, 0.5) is 20.2 Å². The number of nitro benzene ring substituents is 1. The minimum atomic E-state index is -1.28. The highest BCUT2D eigenvalue weighted by atomic mass is 19.1. The van der Waals surface area contributed by atoms with E-state index in [1.165, 1.54) is 4.90 Å². The third kappa shape index (κ3) is 2.65. The van der Waals surface area contributed by atoms with E-state index in [0.29, 0.717) is 0 Å². The normalized spacial score (nSPS) is 13.8. The van der Waals surface area contributed by atoms with Gasteiger partial charge in [-0.1, -0.05) is 30.3 Å². The SMILES string of the molecule is O=C1CCc2c(cc(F)c([N+](=O)[O-])c2F)N1Cc1ccccc1. The molecular formula is C16H12F2N2O3. The van der Waals surface area contributed by atoms with Crippen molar-refractivity contribution in [2.75, 3.05) is 4.90 Å². The van der Waals surface area contributed by atoms with Crippen LogP contribution in [0.15, 0.2) is 36.4 Å². The minimum Gasteiger partial charge on any atom is -0.307 e. The van der Waals surface area contributed by atoms with Gasteiger partial charge in [0.25, 0.3) is 0 Å². The molecule has 0 N–H and O–H groups in total. The number of rotatable bonds is 3. The van der Waals surface area contributed by atoms with Crippen LogP contribution in [0.25, 0.3) is 0 Å². The first-order valence-corrected chi connectivity index (χ1v) is 6.98. The molecule has 0 radical (unpaired) electrons. The van der Waals surface area contributed by atoms with Gasteiger partial charge in [-0.15, -0.1) is 0 Å². The van der Waals surface area contributed by atoms with Crippen molar-refractivity contribution in [2.24, 2.45) is 0 Å². The van der Waals surface area contributed by atoms with Crippen LogP contribution in [0.3, 0.4) is 0 Å². The van der Waals surface area contributed by atoms with E-state index in [9.17, 15) is 23.7 Å². The Kier molecular flexibility index (Phi) is 3.77. The minimum absolute atomic E-state index is 0.00799. The average molecular weight is 318 g/mol. The molecule has 1 heterocycles. The van der Waals surface area contributed by atoms with E-state index in [1.54, 1.807) is 24.3 Å². The maximum absolute atomic E-state index is 14.3. The lowest BCUT2D eigenvalue weighted by Gasteiger charge is -2.29. The molecule has 23 heavy (non-hydrogen) atoms. The van der Waals surface area contributed by atoms with E-state index in [-0.39, 0.29) is 36.5 Å². The lowest BCUT2D eigenvalue weighted by atomic mass is 9.98. The Morgan fingerprint density at radius 2 is 1.87 bits per heavy atom. The molecule has 3 rings (SSSR count). The maximum Gasteiger partial charge on any atom is 0.340 e. The highest BCUT2D eigenvalue weighted by Gasteiger charge is 2.33. The number of hydrogen-bond donors (Lipinski definition) is 0. The first-order chi connectivity index (χ1) is 11.0. The third-order valence-corrected chi connectivity index (χ3v) is 3.82. The monoisotopic (exact) mass is 318 g/mol. The maximum atomic E-state index is 14.3. The zero-order chi connectivity index (χ0) is 16.6. The van der Waals surface area contributed by atoms with Crippen LogP contribution < -0.4 is 4.90 Å². The first kappa shape index (κ1) is 15.1. The smallest absolute Gasteiger partial charge is 0.307 e. The second-order valence-electron chi connectivity index (χ2n) is 5.24. The summed E-state index contributed by atoms with van der Waals surface area (Å²) in [5, 5.41) is 10.8. The van der Waals surface area contributed by atoms with Gasteiger partial charge in [0, 0.05) is 18.1 Å². The molecule has 118 valence electrons. The molecule has 0 atom stereocenters. The number of anilines is 1. The number of carbonyl (C=O) groups is 1. The number of hydrogen-bond acceptors (Lipinski definition) is 3. The van der Waals surface area contributed by atoms with E-state index < -0.39 is 22.2 Å². The molecule has 0 aliphatic carbocycles. The number of halogens is 2. The molecule has 1 aliphatic heterocycles. The Bertz CT molecular complexity index is 794. The van der Waals surface area contributed by atoms with Gasteiger partial charge in [-0.25, -0.2) is 0 Å². The average Bonchev–Trinajstić information content (AvgIpc) is 2.51. The molecule has 5 nitrogen and oxygen atoms in total. The first-order valence-electron chi connectivity index (χ1n) is 6.98. The van der Waals surface area contributed by atoms with Gasteiger partial charge in [-0.2, -0.15) is 8.78 Å². The predicted molar refractivity (Wildman–Crippen MR) is 79.0 cm³/mol. The molecule has 0 saturated heterocycles. The quantitative estimate of drug-likeness (QED) is 0.644. The van der Waals surface area contributed by atoms with Crippen molar-refractivity contribution < 1.29 is 18.5 Å². The number of benzene rings is 2. The molecule has 0 bridgehead atoms. The van der Waals surface area contributed by atoms with E-state index >= 15 is 0 Å². The van der Waals surface area contributed by atoms with Crippen LogP contribution in [0, 0.1) is 21.7 Å². The Balaban J connectivity index is 2.08. The Hall–Kier alpha value is -2.83. The highest BCUT2D eigenvalue weighted by molar-refractivity contribution is 5.96. The molecule has 0 spiro atoms. The van der Waals surface area contributed by atoms with E-state index in [0.717, 1.165) is 11.6 Å². The van der Waals surface area contributed by atoms with Gasteiger partial charge in [0.1, 0.15) is 0 Å². The predicted octanol–water partition coefficient (Wildman–Crippen LogP) is 3.35. The summed E-state index contributed by atoms with van der Waals surface area (Å²) in [6, 6.07) is 9.86. The van der Waals surface area contributed by atoms with Crippen LogP contribution in [0.2, 0.25) is 0 Å². The van der Waals surface area contributed by atoms with Gasteiger partial charge in [-0.3, -0.25) is 14.9 Å². The molecule has 0 saturated carbocycles. The molecule has 1 amide bonds. The lowest BCUT2D eigenvalue weighted by Crippen LogP contribution is -2.35. The Morgan fingerprint density at radius 3 is 2.52 bits per heavy atom. The van der Waals surface area contributed by atoms with Crippen LogP contribution >= 0.6 is 0 Å². The van der Waals surface area contributed by atoms with Crippen molar-refractivity contribution in [3.63, 3.8) is 0 Å². The Morgan fingerprint density at radius 1 is 1.17 bits per heavy atom. The van der Waals surface area contributed by atoms with Crippen LogP contribution in [-0.2, 0) is 17.8 Å². The highest BCUT2D eigenvalue weighted by Crippen LogP contribution is 2.37. The zero-order valence-electron chi connectivity index (χ0n) is 12.0. The number of nitrogens with zero attached hydrogens (tertiary/aromatic N) is 2. The summed E-state index contributed by atoms with van der Waals surface area (Å²) < 4.78 is 28.2. The summed E-state index contributed by atoms with van der Waals surface area (Å²) in [6.45, 7) is 0.156. The molecular weight excluding hydrogens is 306 g/mol. The van der Waals surface area contributed by atoms with E-state index in [2.05, 4.69) is 0 Å². The molecule has 7 heteroatoms. The number of nitro groups is 1. The van der Waals surface area contributed by atoms with Gasteiger partial charge < -0.3 is 4.90 Å². The standard InChI is InChI=1S/C16H12F2N2O3/c17-12-8-13-11(15(18)16(12)20(22)23)6-7-14(21)19(13)9-10-4-2-1-3-5-10/h1-5,8H,6-7,9H2. The van der Waals surface area contributed by atoms with Crippen LogP contribution in [-0.4, -0.2) is 10.8 Å². The number of amides is 1. The van der Waals surface area contributed by atoms with Crippen molar-refractivity contribution >= 4 is 17.3 Å². The topological polar surface area (TPSA) is 63.4 Å². The van der Waals surface area contributed by atoms with Gasteiger partial charge in [0.05, 0.1) is 17.2 Å². The van der Waals surface area contributed by atoms with Gasteiger partial charge in [0.15, 0.2) is 0 Å². The second-order valence-corrected chi connectivity index (χ2v) is 5.24. The molecule has 2 aromatic rings. The fourth-order valence-corrected chi connectivity index (χ4v) is 2.72. The van der Waals surface area contributed by atoms with Crippen molar-refractivity contribution in [2.45, 2.75) is 19.4 Å². The van der Waals surface area contributed by atoms with E-state index in [1.807, 2.05) is 6.07 Å². The fourth-order valence-electron chi connectivity index (χ4n) is 2.72.